The maximum Gasteiger partial charge on any atom is 0.338 e. The minimum atomic E-state index is -4.50. The molecule has 3 aromatic carbocycles. The second kappa shape index (κ2) is 12.7. The highest BCUT2D eigenvalue weighted by molar-refractivity contribution is 7.87. The molecule has 0 saturated carbocycles. The predicted octanol–water partition coefficient (Wildman–Crippen LogP) is 3.39. The van der Waals surface area contributed by atoms with Crippen LogP contribution < -0.4 is 4.74 Å². The highest BCUT2D eigenvalue weighted by Gasteiger charge is 2.49. The zero-order valence-corrected chi connectivity index (χ0v) is 24.4. The summed E-state index contributed by atoms with van der Waals surface area (Å²) in [5.41, 5.74) is 1.74. The van der Waals surface area contributed by atoms with Crippen LogP contribution in [0.4, 0.5) is 0 Å². The lowest BCUT2D eigenvalue weighted by Gasteiger charge is -2.39. The molecule has 0 N–H and O–H groups in total. The largest absolute Gasteiger partial charge is 0.497 e. The fourth-order valence-corrected chi connectivity index (χ4v) is 6.20. The molecule has 0 radical (unpaired) electrons. The molecule has 4 rings (SSSR count). The van der Waals surface area contributed by atoms with Crippen molar-refractivity contribution in [3.63, 3.8) is 0 Å². The minimum Gasteiger partial charge on any atom is -0.497 e. The van der Waals surface area contributed by atoms with Crippen LogP contribution in [0, 0.1) is 13.8 Å². The molecule has 1 aliphatic rings. The van der Waals surface area contributed by atoms with Crippen molar-refractivity contribution in [2.75, 3.05) is 20.8 Å². The van der Waals surface area contributed by atoms with Crippen LogP contribution in [0.25, 0.3) is 0 Å². The van der Waals surface area contributed by atoms with E-state index in [4.69, 9.17) is 27.3 Å². The third-order valence-electron chi connectivity index (χ3n) is 6.29. The number of methoxy groups -OCH3 is 2. The van der Waals surface area contributed by atoms with E-state index in [1.54, 1.807) is 38.1 Å². The second-order valence-electron chi connectivity index (χ2n) is 9.27. The van der Waals surface area contributed by atoms with E-state index in [-0.39, 0.29) is 15.4 Å². The quantitative estimate of drug-likeness (QED) is 0.248. The Kier molecular flexibility index (Phi) is 9.47. The van der Waals surface area contributed by atoms with Crippen LogP contribution in [0.2, 0.25) is 0 Å². The molecule has 1 aliphatic heterocycles. The maximum absolute atomic E-state index is 13.3. The molecule has 11 nitrogen and oxygen atoms in total. The van der Waals surface area contributed by atoms with Crippen LogP contribution in [-0.2, 0) is 42.8 Å². The number of benzene rings is 3. The third-order valence-corrected chi connectivity index (χ3v) is 8.97. The van der Waals surface area contributed by atoms with Crippen molar-refractivity contribution in [1.29, 1.82) is 0 Å². The SMILES string of the molecule is COc1ccc(C(=O)O[C@H]2[C@H](OC)OC[C@@H](OS(=O)(=O)c3ccc(C)cc3)[C@H]2OS(=O)(=O)c2ccc(C)cc2)cc1. The highest BCUT2D eigenvalue weighted by Crippen LogP contribution is 2.31. The Hall–Kier alpha value is -3.33. The van der Waals surface area contributed by atoms with Crippen molar-refractivity contribution in [2.45, 2.75) is 48.2 Å². The van der Waals surface area contributed by atoms with E-state index < -0.39 is 57.4 Å². The first-order valence-corrected chi connectivity index (χ1v) is 15.2. The number of esters is 1. The summed E-state index contributed by atoms with van der Waals surface area (Å²) < 4.78 is 85.7. The highest BCUT2D eigenvalue weighted by atomic mass is 32.2. The van der Waals surface area contributed by atoms with Gasteiger partial charge in [-0.2, -0.15) is 16.8 Å². The Labute approximate surface area is 239 Å². The first kappa shape index (κ1) is 30.6. The Morgan fingerprint density at radius 1 is 0.732 bits per heavy atom. The second-order valence-corrected chi connectivity index (χ2v) is 12.4. The van der Waals surface area contributed by atoms with Crippen LogP contribution in [0.1, 0.15) is 21.5 Å². The number of hydrogen-bond acceptors (Lipinski definition) is 11. The fourth-order valence-electron chi connectivity index (χ4n) is 4.02. The van der Waals surface area contributed by atoms with Crippen LogP contribution in [-0.4, -0.2) is 68.2 Å². The van der Waals surface area contributed by atoms with Gasteiger partial charge in [0.15, 0.2) is 12.4 Å². The molecule has 0 unspecified atom stereocenters. The normalized spacial score (nSPS) is 21.3. The van der Waals surface area contributed by atoms with E-state index in [2.05, 4.69) is 0 Å². The smallest absolute Gasteiger partial charge is 0.338 e. The van der Waals surface area contributed by atoms with Gasteiger partial charge in [0, 0.05) is 7.11 Å². The van der Waals surface area contributed by atoms with E-state index in [9.17, 15) is 21.6 Å². The topological polar surface area (TPSA) is 141 Å². The van der Waals surface area contributed by atoms with E-state index in [1.165, 1.54) is 62.8 Å². The summed E-state index contributed by atoms with van der Waals surface area (Å²) >= 11 is 0. The molecule has 41 heavy (non-hydrogen) atoms. The average molecular weight is 607 g/mol. The summed E-state index contributed by atoms with van der Waals surface area (Å²) in [5.74, 6) is -0.371. The Morgan fingerprint density at radius 3 is 1.73 bits per heavy atom. The number of ether oxygens (including phenoxy) is 4. The molecule has 4 atom stereocenters. The van der Waals surface area contributed by atoms with Gasteiger partial charge in [0.1, 0.15) is 18.0 Å². The van der Waals surface area contributed by atoms with Gasteiger partial charge < -0.3 is 18.9 Å². The summed E-state index contributed by atoms with van der Waals surface area (Å²) in [6, 6.07) is 17.7. The summed E-state index contributed by atoms with van der Waals surface area (Å²) in [4.78, 5) is 12.7. The van der Waals surface area contributed by atoms with Crippen molar-refractivity contribution in [3.8, 4) is 5.75 Å². The van der Waals surface area contributed by atoms with Crippen molar-refractivity contribution >= 4 is 26.2 Å². The number of hydrogen-bond donors (Lipinski definition) is 0. The van der Waals surface area contributed by atoms with Gasteiger partial charge in [-0.15, -0.1) is 0 Å². The number of aryl methyl sites for hydroxylation is 2. The van der Waals surface area contributed by atoms with E-state index >= 15 is 0 Å². The molecule has 0 aromatic heterocycles. The summed E-state index contributed by atoms with van der Waals surface area (Å²) in [5, 5.41) is 0. The standard InChI is InChI=1S/C28H30O11S2/c1-18-5-13-22(14-6-18)40(30,31)38-24-17-36-28(35-4)26(37-27(29)20-9-11-21(34-3)12-10-20)25(24)39-41(32,33)23-15-7-19(2)8-16-23/h5-16,24-26,28H,17H2,1-4H3/t24-,25-,26-,28-/m1/s1. The maximum atomic E-state index is 13.3. The Morgan fingerprint density at radius 2 is 1.24 bits per heavy atom. The zero-order valence-electron chi connectivity index (χ0n) is 22.8. The molecule has 1 heterocycles. The molecule has 0 bridgehead atoms. The van der Waals surface area contributed by atoms with Crippen molar-refractivity contribution in [2.24, 2.45) is 0 Å². The molecule has 13 heteroatoms. The molecule has 0 spiro atoms. The number of carbonyl (C=O) groups is 1. The minimum absolute atomic E-state index is 0.108. The van der Waals surface area contributed by atoms with Crippen LogP contribution in [0.15, 0.2) is 82.6 Å². The third kappa shape index (κ3) is 7.31. The van der Waals surface area contributed by atoms with Crippen LogP contribution >= 0.6 is 0 Å². The number of carbonyl (C=O) groups excluding carboxylic acids is 1. The molecular formula is C28H30O11S2. The molecular weight excluding hydrogens is 576 g/mol. The Balaban J connectivity index is 1.70. The first-order valence-electron chi connectivity index (χ1n) is 12.4. The van der Waals surface area contributed by atoms with Gasteiger partial charge >= 0.3 is 5.97 Å². The average Bonchev–Trinajstić information content (AvgIpc) is 2.95. The van der Waals surface area contributed by atoms with E-state index in [0.717, 1.165) is 11.1 Å². The molecule has 0 amide bonds. The van der Waals surface area contributed by atoms with Crippen molar-refractivity contribution < 1.29 is 48.9 Å². The summed E-state index contributed by atoms with van der Waals surface area (Å²) in [6.07, 6.45) is -6.08. The molecule has 0 aliphatic carbocycles. The van der Waals surface area contributed by atoms with Gasteiger partial charge in [0.05, 0.1) is 29.1 Å². The van der Waals surface area contributed by atoms with E-state index in [0.29, 0.717) is 5.75 Å². The van der Waals surface area contributed by atoms with Gasteiger partial charge in [0.25, 0.3) is 20.2 Å². The summed E-state index contributed by atoms with van der Waals surface area (Å²) in [6.45, 7) is 3.13. The summed E-state index contributed by atoms with van der Waals surface area (Å²) in [7, 11) is -6.20. The van der Waals surface area contributed by atoms with Gasteiger partial charge in [-0.25, -0.2) is 4.79 Å². The monoisotopic (exact) mass is 606 g/mol. The van der Waals surface area contributed by atoms with Crippen LogP contribution in [0.5, 0.6) is 5.75 Å². The fraction of sp³-hybridized carbons (Fsp3) is 0.321. The lowest BCUT2D eigenvalue weighted by molar-refractivity contribution is -0.251. The lowest BCUT2D eigenvalue weighted by atomic mass is 10.1. The number of rotatable bonds is 10. The zero-order chi connectivity index (χ0) is 29.8. The van der Waals surface area contributed by atoms with Crippen molar-refractivity contribution in [3.05, 3.63) is 89.5 Å². The predicted molar refractivity (Wildman–Crippen MR) is 145 cm³/mol. The molecule has 1 saturated heterocycles. The molecule has 220 valence electrons. The molecule has 3 aromatic rings. The lowest BCUT2D eigenvalue weighted by Crippen LogP contribution is -2.58. The van der Waals surface area contributed by atoms with Gasteiger partial charge in [-0.05, 0) is 62.4 Å². The van der Waals surface area contributed by atoms with Gasteiger partial charge in [0.2, 0.25) is 0 Å². The van der Waals surface area contributed by atoms with Crippen LogP contribution in [0.3, 0.4) is 0 Å². The molecule has 1 fully saturated rings. The first-order chi connectivity index (χ1) is 19.4. The Bertz CT molecular complexity index is 1550. The van der Waals surface area contributed by atoms with Gasteiger partial charge in [-0.3, -0.25) is 8.37 Å². The van der Waals surface area contributed by atoms with Gasteiger partial charge in [-0.1, -0.05) is 35.4 Å². The van der Waals surface area contributed by atoms with E-state index in [1.807, 2.05) is 0 Å². The van der Waals surface area contributed by atoms with Crippen molar-refractivity contribution in [1.82, 2.24) is 0 Å².